The van der Waals surface area contributed by atoms with Crippen molar-refractivity contribution in [2.24, 2.45) is 11.7 Å². The van der Waals surface area contributed by atoms with E-state index in [1.54, 1.807) is 0 Å². The Morgan fingerprint density at radius 2 is 1.93 bits per heavy atom. The molecule has 0 bridgehead atoms. The highest BCUT2D eigenvalue weighted by Gasteiger charge is 2.23. The molecule has 2 rings (SSSR count). The average Bonchev–Trinajstić information content (AvgIpc) is 3.10. The van der Waals surface area contributed by atoms with Crippen LogP contribution in [0.15, 0.2) is 30.3 Å². The standard InChI is InChI=1S/C14H21N/c1-11(13-5-3-2-4-6-13)14(15)10-9-12-7-8-12/h2-6,11-12,14H,7-10,15H2,1H3. The van der Waals surface area contributed by atoms with Gasteiger partial charge in [-0.2, -0.15) is 0 Å². The SMILES string of the molecule is CC(c1ccccc1)C(N)CCC1CC1. The highest BCUT2D eigenvalue weighted by Crippen LogP contribution is 2.35. The Morgan fingerprint density at radius 1 is 1.27 bits per heavy atom. The Morgan fingerprint density at radius 3 is 2.53 bits per heavy atom. The molecule has 0 spiro atoms. The second-order valence-corrected chi connectivity index (χ2v) is 4.88. The summed E-state index contributed by atoms with van der Waals surface area (Å²) in [6.07, 6.45) is 5.39. The van der Waals surface area contributed by atoms with Crippen molar-refractivity contribution >= 4 is 0 Å². The van der Waals surface area contributed by atoms with E-state index in [0.717, 1.165) is 5.92 Å². The van der Waals surface area contributed by atoms with E-state index in [9.17, 15) is 0 Å². The van der Waals surface area contributed by atoms with Gasteiger partial charge in [-0.3, -0.25) is 0 Å². The van der Waals surface area contributed by atoms with E-state index in [0.29, 0.717) is 12.0 Å². The van der Waals surface area contributed by atoms with Crippen LogP contribution in [0.1, 0.15) is 44.1 Å². The van der Waals surface area contributed by atoms with Crippen molar-refractivity contribution in [2.75, 3.05) is 0 Å². The van der Waals surface area contributed by atoms with Crippen molar-refractivity contribution in [1.82, 2.24) is 0 Å². The van der Waals surface area contributed by atoms with Gasteiger partial charge >= 0.3 is 0 Å². The number of rotatable bonds is 5. The maximum Gasteiger partial charge on any atom is 0.0105 e. The molecule has 0 aliphatic heterocycles. The van der Waals surface area contributed by atoms with Gasteiger partial charge in [-0.15, -0.1) is 0 Å². The first-order chi connectivity index (χ1) is 7.27. The molecule has 1 aliphatic carbocycles. The lowest BCUT2D eigenvalue weighted by Crippen LogP contribution is -2.26. The zero-order valence-electron chi connectivity index (χ0n) is 9.52. The average molecular weight is 203 g/mol. The molecular formula is C14H21N. The fourth-order valence-corrected chi connectivity index (χ4v) is 2.09. The Labute approximate surface area is 92.7 Å². The van der Waals surface area contributed by atoms with Crippen molar-refractivity contribution in [3.63, 3.8) is 0 Å². The molecule has 2 unspecified atom stereocenters. The topological polar surface area (TPSA) is 26.0 Å². The Bertz CT molecular complexity index is 289. The molecule has 0 radical (unpaired) electrons. The van der Waals surface area contributed by atoms with Gasteiger partial charge in [0.25, 0.3) is 0 Å². The summed E-state index contributed by atoms with van der Waals surface area (Å²) in [4.78, 5) is 0. The maximum absolute atomic E-state index is 6.23. The second kappa shape index (κ2) is 4.80. The fourth-order valence-electron chi connectivity index (χ4n) is 2.09. The number of hydrogen-bond donors (Lipinski definition) is 1. The normalized spacial score (nSPS) is 19.9. The summed E-state index contributed by atoms with van der Waals surface area (Å²) in [6, 6.07) is 10.9. The molecule has 1 saturated carbocycles. The molecule has 0 heterocycles. The molecule has 15 heavy (non-hydrogen) atoms. The van der Waals surface area contributed by atoms with Crippen LogP contribution in [-0.2, 0) is 0 Å². The number of nitrogens with two attached hydrogens (primary N) is 1. The van der Waals surface area contributed by atoms with Gasteiger partial charge in [0.15, 0.2) is 0 Å². The molecule has 2 atom stereocenters. The molecule has 1 aromatic rings. The first-order valence-corrected chi connectivity index (χ1v) is 6.08. The summed E-state index contributed by atoms with van der Waals surface area (Å²) in [5, 5.41) is 0. The van der Waals surface area contributed by atoms with Gasteiger partial charge in [-0.1, -0.05) is 50.1 Å². The van der Waals surface area contributed by atoms with Gasteiger partial charge in [0.2, 0.25) is 0 Å². The second-order valence-electron chi connectivity index (χ2n) is 4.88. The number of benzene rings is 1. The minimum absolute atomic E-state index is 0.327. The van der Waals surface area contributed by atoms with Crippen LogP contribution in [0.3, 0.4) is 0 Å². The molecule has 0 amide bonds. The fraction of sp³-hybridized carbons (Fsp3) is 0.571. The monoisotopic (exact) mass is 203 g/mol. The Balaban J connectivity index is 1.85. The van der Waals surface area contributed by atoms with Crippen LogP contribution in [0, 0.1) is 5.92 Å². The third kappa shape index (κ3) is 3.07. The van der Waals surface area contributed by atoms with E-state index in [4.69, 9.17) is 5.73 Å². The lowest BCUT2D eigenvalue weighted by atomic mass is 9.90. The predicted octanol–water partition coefficient (Wildman–Crippen LogP) is 3.31. The van der Waals surface area contributed by atoms with Crippen molar-refractivity contribution in [1.29, 1.82) is 0 Å². The van der Waals surface area contributed by atoms with Crippen LogP contribution < -0.4 is 5.73 Å². The molecule has 0 saturated heterocycles. The van der Waals surface area contributed by atoms with E-state index >= 15 is 0 Å². The van der Waals surface area contributed by atoms with Crippen LogP contribution in [0.5, 0.6) is 0 Å². The molecule has 2 N–H and O–H groups in total. The first-order valence-electron chi connectivity index (χ1n) is 6.08. The van der Waals surface area contributed by atoms with Crippen molar-refractivity contribution < 1.29 is 0 Å². The van der Waals surface area contributed by atoms with Gasteiger partial charge < -0.3 is 5.73 Å². The minimum atomic E-state index is 0.327. The molecule has 1 aliphatic rings. The molecule has 1 heteroatoms. The predicted molar refractivity (Wildman–Crippen MR) is 64.8 cm³/mol. The number of hydrogen-bond acceptors (Lipinski definition) is 1. The molecule has 1 aromatic carbocycles. The zero-order chi connectivity index (χ0) is 10.7. The van der Waals surface area contributed by atoms with Gasteiger partial charge in [0.1, 0.15) is 0 Å². The van der Waals surface area contributed by atoms with Crippen LogP contribution in [0.25, 0.3) is 0 Å². The zero-order valence-corrected chi connectivity index (χ0v) is 9.52. The van der Waals surface area contributed by atoms with E-state index in [2.05, 4.69) is 37.3 Å². The van der Waals surface area contributed by atoms with Gasteiger partial charge in [0, 0.05) is 6.04 Å². The van der Waals surface area contributed by atoms with Crippen molar-refractivity contribution in [2.45, 2.75) is 44.6 Å². The summed E-state index contributed by atoms with van der Waals surface area (Å²) in [6.45, 7) is 2.24. The Kier molecular flexibility index (Phi) is 3.42. The van der Waals surface area contributed by atoms with Crippen LogP contribution >= 0.6 is 0 Å². The molecule has 1 nitrogen and oxygen atoms in total. The maximum atomic E-state index is 6.23. The van der Waals surface area contributed by atoms with Gasteiger partial charge in [0.05, 0.1) is 0 Å². The molecular weight excluding hydrogens is 182 g/mol. The summed E-state index contributed by atoms with van der Waals surface area (Å²) in [5.41, 5.74) is 7.60. The van der Waals surface area contributed by atoms with E-state index in [-0.39, 0.29) is 0 Å². The van der Waals surface area contributed by atoms with E-state index < -0.39 is 0 Å². The summed E-state index contributed by atoms with van der Waals surface area (Å²) in [7, 11) is 0. The Hall–Kier alpha value is -0.820. The minimum Gasteiger partial charge on any atom is -0.327 e. The van der Waals surface area contributed by atoms with E-state index in [1.165, 1.54) is 31.2 Å². The van der Waals surface area contributed by atoms with Crippen molar-refractivity contribution in [3.8, 4) is 0 Å². The lowest BCUT2D eigenvalue weighted by molar-refractivity contribution is 0.493. The quantitative estimate of drug-likeness (QED) is 0.780. The molecule has 82 valence electrons. The van der Waals surface area contributed by atoms with Crippen LogP contribution in [-0.4, -0.2) is 6.04 Å². The van der Waals surface area contributed by atoms with Crippen LogP contribution in [0.4, 0.5) is 0 Å². The lowest BCUT2D eigenvalue weighted by Gasteiger charge is -2.20. The van der Waals surface area contributed by atoms with Gasteiger partial charge in [-0.25, -0.2) is 0 Å². The largest absolute Gasteiger partial charge is 0.327 e. The van der Waals surface area contributed by atoms with Crippen LogP contribution in [0.2, 0.25) is 0 Å². The third-order valence-electron chi connectivity index (χ3n) is 3.57. The van der Waals surface area contributed by atoms with Gasteiger partial charge in [-0.05, 0) is 30.2 Å². The molecule has 0 aromatic heterocycles. The van der Waals surface area contributed by atoms with E-state index in [1.807, 2.05) is 0 Å². The molecule has 1 fully saturated rings. The van der Waals surface area contributed by atoms with Crippen molar-refractivity contribution in [3.05, 3.63) is 35.9 Å². The first kappa shape index (κ1) is 10.7. The highest BCUT2D eigenvalue weighted by molar-refractivity contribution is 5.20. The summed E-state index contributed by atoms with van der Waals surface area (Å²) >= 11 is 0. The summed E-state index contributed by atoms with van der Waals surface area (Å²) in [5.74, 6) is 1.49. The highest BCUT2D eigenvalue weighted by atomic mass is 14.6. The summed E-state index contributed by atoms with van der Waals surface area (Å²) < 4.78 is 0. The third-order valence-corrected chi connectivity index (χ3v) is 3.57. The smallest absolute Gasteiger partial charge is 0.0105 e.